The first kappa shape index (κ1) is 17.6. The Kier molecular flexibility index (Phi) is 3.78. The number of fused-ring (bicyclic) bond motifs is 2. The van der Waals surface area contributed by atoms with Crippen LogP contribution >= 0.6 is 11.3 Å². The van der Waals surface area contributed by atoms with Crippen LogP contribution in [0.2, 0.25) is 0 Å². The summed E-state index contributed by atoms with van der Waals surface area (Å²) in [5.74, 6) is -0.422. The molecular formula is C21H15N3O4S. The van der Waals surface area contributed by atoms with Crippen molar-refractivity contribution < 1.29 is 14.3 Å². The largest absolute Gasteiger partial charge is 0.508 e. The smallest absolute Gasteiger partial charge is 0.297 e. The Hall–Kier alpha value is -3.52. The van der Waals surface area contributed by atoms with Crippen molar-refractivity contribution in [3.05, 3.63) is 80.1 Å². The van der Waals surface area contributed by atoms with E-state index in [0.717, 1.165) is 11.1 Å². The molecule has 0 radical (unpaired) electrons. The Balaban J connectivity index is 1.85. The van der Waals surface area contributed by atoms with Gasteiger partial charge in [-0.1, -0.05) is 23.5 Å². The second-order valence-electron chi connectivity index (χ2n) is 7.00. The first-order valence-electron chi connectivity index (χ1n) is 8.92. The lowest BCUT2D eigenvalue weighted by molar-refractivity contribution is 0.0970. The van der Waals surface area contributed by atoms with E-state index in [9.17, 15) is 14.7 Å². The lowest BCUT2D eigenvalue weighted by atomic mass is 9.97. The van der Waals surface area contributed by atoms with Crippen LogP contribution in [0, 0.1) is 13.8 Å². The molecule has 1 N–H and O–H groups in total. The number of amides is 1. The number of phenolic OH excluding ortho intramolecular Hbond substituents is 1. The first-order chi connectivity index (χ1) is 14.0. The number of anilines is 1. The second-order valence-corrected chi connectivity index (χ2v) is 7.81. The minimum atomic E-state index is -0.764. The Morgan fingerprint density at radius 1 is 1.14 bits per heavy atom. The van der Waals surface area contributed by atoms with Crippen molar-refractivity contribution in [3.8, 4) is 5.75 Å². The van der Waals surface area contributed by atoms with Crippen molar-refractivity contribution >= 4 is 33.3 Å². The number of nitrogens with zero attached hydrogens (tertiary/aromatic N) is 3. The molecular weight excluding hydrogens is 390 g/mol. The van der Waals surface area contributed by atoms with E-state index in [0.29, 0.717) is 21.7 Å². The highest BCUT2D eigenvalue weighted by Gasteiger charge is 2.45. The molecule has 0 saturated carbocycles. The topological polar surface area (TPSA) is 96.5 Å². The molecule has 2 aromatic carbocycles. The number of phenols is 1. The molecule has 1 amide bonds. The van der Waals surface area contributed by atoms with Crippen molar-refractivity contribution in [1.82, 2.24) is 10.2 Å². The van der Waals surface area contributed by atoms with Gasteiger partial charge >= 0.3 is 0 Å². The predicted octanol–water partition coefficient (Wildman–Crippen LogP) is 3.72. The van der Waals surface area contributed by atoms with Gasteiger partial charge < -0.3 is 9.52 Å². The lowest BCUT2D eigenvalue weighted by Crippen LogP contribution is -2.29. The quantitative estimate of drug-likeness (QED) is 0.546. The van der Waals surface area contributed by atoms with Gasteiger partial charge in [-0.25, -0.2) is 0 Å². The number of aromatic hydroxyl groups is 1. The predicted molar refractivity (Wildman–Crippen MR) is 109 cm³/mol. The zero-order chi connectivity index (χ0) is 20.3. The SMILES string of the molecule is Cc1cc2oc3c(c(=O)c2cc1C)C(c1cccc(O)c1)N(c1nncs1)C3=O. The van der Waals surface area contributed by atoms with E-state index in [1.165, 1.54) is 33.9 Å². The standard InChI is InChI=1S/C21H15N3O4S/c1-10-6-14-15(7-11(10)2)28-19-16(18(14)26)17(12-4-3-5-13(25)8-12)24(20(19)27)21-23-22-9-29-21/h3-9,17,25H,1-2H3. The van der Waals surface area contributed by atoms with Crippen LogP contribution in [0.25, 0.3) is 11.0 Å². The molecule has 1 atom stereocenters. The third-order valence-corrected chi connectivity index (χ3v) is 5.92. The van der Waals surface area contributed by atoms with Crippen LogP contribution in [-0.2, 0) is 0 Å². The summed E-state index contributed by atoms with van der Waals surface area (Å²) in [6.45, 7) is 3.85. The maximum absolute atomic E-state index is 13.5. The molecule has 29 heavy (non-hydrogen) atoms. The third kappa shape index (κ3) is 2.56. The number of aryl methyl sites for hydroxylation is 2. The molecule has 3 heterocycles. The van der Waals surface area contributed by atoms with Crippen LogP contribution in [0.1, 0.15) is 38.9 Å². The summed E-state index contributed by atoms with van der Waals surface area (Å²) in [4.78, 5) is 28.2. The number of aromatic nitrogens is 2. The van der Waals surface area contributed by atoms with Gasteiger partial charge in [0, 0.05) is 0 Å². The molecule has 144 valence electrons. The number of carbonyl (C=O) groups is 1. The number of carbonyl (C=O) groups excluding carboxylic acids is 1. The second kappa shape index (κ2) is 6.25. The van der Waals surface area contributed by atoms with Crippen LogP contribution in [0.3, 0.4) is 0 Å². The van der Waals surface area contributed by atoms with Crippen LogP contribution in [0.15, 0.2) is 51.1 Å². The van der Waals surface area contributed by atoms with E-state index >= 15 is 0 Å². The minimum Gasteiger partial charge on any atom is -0.508 e. The Morgan fingerprint density at radius 3 is 2.66 bits per heavy atom. The molecule has 1 aliphatic heterocycles. The number of hydrogen-bond acceptors (Lipinski definition) is 7. The average Bonchev–Trinajstić information content (AvgIpc) is 3.30. The Morgan fingerprint density at radius 2 is 1.93 bits per heavy atom. The molecule has 1 unspecified atom stereocenters. The lowest BCUT2D eigenvalue weighted by Gasteiger charge is -2.22. The summed E-state index contributed by atoms with van der Waals surface area (Å²) >= 11 is 1.19. The highest BCUT2D eigenvalue weighted by Crippen LogP contribution is 2.42. The summed E-state index contributed by atoms with van der Waals surface area (Å²) < 4.78 is 5.95. The average molecular weight is 405 g/mol. The van der Waals surface area contributed by atoms with Crippen molar-refractivity contribution in [1.29, 1.82) is 0 Å². The minimum absolute atomic E-state index is 0.00528. The summed E-state index contributed by atoms with van der Waals surface area (Å²) in [6.07, 6.45) is 0. The zero-order valence-corrected chi connectivity index (χ0v) is 16.4. The molecule has 0 saturated heterocycles. The van der Waals surface area contributed by atoms with Crippen LogP contribution in [0.4, 0.5) is 5.13 Å². The van der Waals surface area contributed by atoms with Gasteiger partial charge in [0.2, 0.25) is 10.9 Å². The van der Waals surface area contributed by atoms with Crippen LogP contribution in [0.5, 0.6) is 5.75 Å². The fraction of sp³-hybridized carbons (Fsp3) is 0.143. The monoisotopic (exact) mass is 405 g/mol. The van der Waals surface area contributed by atoms with Crippen molar-refractivity contribution in [2.75, 3.05) is 4.90 Å². The van der Waals surface area contributed by atoms with Crippen LogP contribution in [-0.4, -0.2) is 21.2 Å². The summed E-state index contributed by atoms with van der Waals surface area (Å²) in [6, 6.07) is 9.29. The van der Waals surface area contributed by atoms with E-state index < -0.39 is 11.9 Å². The molecule has 0 spiro atoms. The molecule has 0 bridgehead atoms. The molecule has 4 aromatic rings. The van der Waals surface area contributed by atoms with Crippen molar-refractivity contribution in [3.63, 3.8) is 0 Å². The van der Waals surface area contributed by atoms with Gasteiger partial charge in [-0.15, -0.1) is 10.2 Å². The van der Waals surface area contributed by atoms with Crippen molar-refractivity contribution in [2.45, 2.75) is 19.9 Å². The molecule has 2 aromatic heterocycles. The van der Waals surface area contributed by atoms with E-state index in [2.05, 4.69) is 10.2 Å². The van der Waals surface area contributed by atoms with E-state index in [1.54, 1.807) is 24.3 Å². The van der Waals surface area contributed by atoms with E-state index in [4.69, 9.17) is 4.42 Å². The van der Waals surface area contributed by atoms with Gasteiger partial charge in [-0.3, -0.25) is 14.5 Å². The Bertz CT molecular complexity index is 1340. The normalized spacial score (nSPS) is 15.9. The maximum atomic E-state index is 13.5. The third-order valence-electron chi connectivity index (χ3n) is 5.23. The molecule has 0 fully saturated rings. The van der Waals surface area contributed by atoms with E-state index in [-0.39, 0.29) is 22.5 Å². The highest BCUT2D eigenvalue weighted by molar-refractivity contribution is 7.13. The van der Waals surface area contributed by atoms with Crippen molar-refractivity contribution in [2.24, 2.45) is 0 Å². The van der Waals surface area contributed by atoms with Gasteiger partial charge in [-0.05, 0) is 54.8 Å². The summed E-state index contributed by atoms with van der Waals surface area (Å²) in [5.41, 5.74) is 4.38. The fourth-order valence-electron chi connectivity index (χ4n) is 3.71. The molecule has 1 aliphatic rings. The van der Waals surface area contributed by atoms with E-state index in [1.807, 2.05) is 13.8 Å². The molecule has 0 aliphatic carbocycles. The molecule has 5 rings (SSSR count). The number of benzene rings is 2. The van der Waals surface area contributed by atoms with Gasteiger partial charge in [0.25, 0.3) is 5.91 Å². The zero-order valence-electron chi connectivity index (χ0n) is 15.5. The molecule has 8 heteroatoms. The van der Waals surface area contributed by atoms with Gasteiger partial charge in [0.1, 0.15) is 16.8 Å². The Labute approximate surface area is 168 Å². The number of hydrogen-bond donors (Lipinski definition) is 1. The van der Waals surface area contributed by atoms with Gasteiger partial charge in [0.15, 0.2) is 5.43 Å². The summed E-state index contributed by atoms with van der Waals surface area (Å²) in [5, 5.41) is 18.6. The molecule has 7 nitrogen and oxygen atoms in total. The first-order valence-corrected chi connectivity index (χ1v) is 9.80. The van der Waals surface area contributed by atoms with Gasteiger partial charge in [-0.2, -0.15) is 0 Å². The fourth-order valence-corrected chi connectivity index (χ4v) is 4.29. The maximum Gasteiger partial charge on any atom is 0.297 e. The summed E-state index contributed by atoms with van der Waals surface area (Å²) in [7, 11) is 0. The van der Waals surface area contributed by atoms with Gasteiger partial charge in [0.05, 0.1) is 17.0 Å². The van der Waals surface area contributed by atoms with Crippen LogP contribution < -0.4 is 10.3 Å². The number of rotatable bonds is 2. The highest BCUT2D eigenvalue weighted by atomic mass is 32.1.